The zero-order chi connectivity index (χ0) is 24.9. The number of fused-ring (bicyclic) bond motifs is 1. The highest BCUT2D eigenvalue weighted by atomic mass is 32.2. The number of carbonyl (C=O) groups excluding carboxylic acids is 2. The fourth-order valence-electron chi connectivity index (χ4n) is 3.40. The zero-order valence-corrected chi connectivity index (χ0v) is 21.0. The number of thiophene rings is 1. The Bertz CT molecular complexity index is 1450. The topological polar surface area (TPSA) is 102 Å². The number of hydrogen-bond donors (Lipinski definition) is 2. The maximum absolute atomic E-state index is 13.2. The molecule has 0 aliphatic rings. The SMILES string of the molecule is CC[C@@H](Sc1nc2ccsc2c(=O)n1NC(=O)c1cccc(OC)c1)C(=O)Nc1cccc(C)c1. The first-order chi connectivity index (χ1) is 16.9. The molecule has 2 aromatic carbocycles. The van der Waals surface area contributed by atoms with Crippen LogP contribution in [-0.2, 0) is 4.79 Å². The summed E-state index contributed by atoms with van der Waals surface area (Å²) in [7, 11) is 1.51. The van der Waals surface area contributed by atoms with Crippen molar-refractivity contribution in [1.82, 2.24) is 9.66 Å². The highest BCUT2D eigenvalue weighted by Gasteiger charge is 2.23. The van der Waals surface area contributed by atoms with Crippen molar-refractivity contribution in [1.29, 1.82) is 0 Å². The van der Waals surface area contributed by atoms with E-state index in [0.717, 1.165) is 22.0 Å². The van der Waals surface area contributed by atoms with Crippen molar-refractivity contribution in [2.24, 2.45) is 0 Å². The number of anilines is 1. The lowest BCUT2D eigenvalue weighted by Gasteiger charge is -2.18. The summed E-state index contributed by atoms with van der Waals surface area (Å²) >= 11 is 2.37. The molecule has 2 aromatic heterocycles. The lowest BCUT2D eigenvalue weighted by molar-refractivity contribution is -0.115. The molecule has 4 aromatic rings. The van der Waals surface area contributed by atoms with Crippen molar-refractivity contribution in [2.45, 2.75) is 30.7 Å². The van der Waals surface area contributed by atoms with E-state index in [9.17, 15) is 14.4 Å². The Morgan fingerprint density at radius 3 is 2.71 bits per heavy atom. The van der Waals surface area contributed by atoms with E-state index < -0.39 is 16.7 Å². The summed E-state index contributed by atoms with van der Waals surface area (Å²) in [5, 5.41) is 4.38. The molecular formula is C25H24N4O4S2. The molecule has 2 N–H and O–H groups in total. The molecule has 0 spiro atoms. The van der Waals surface area contributed by atoms with Crippen molar-refractivity contribution in [3.8, 4) is 5.75 Å². The smallest absolute Gasteiger partial charge is 0.291 e. The number of carbonyl (C=O) groups is 2. The van der Waals surface area contributed by atoms with E-state index in [0.29, 0.717) is 33.6 Å². The maximum Gasteiger partial charge on any atom is 0.291 e. The fourth-order valence-corrected chi connectivity index (χ4v) is 5.13. The Hall–Kier alpha value is -3.63. The van der Waals surface area contributed by atoms with Gasteiger partial charge in [0.1, 0.15) is 10.4 Å². The lowest BCUT2D eigenvalue weighted by Crippen LogP contribution is -2.35. The van der Waals surface area contributed by atoms with Crippen LogP contribution in [0.25, 0.3) is 10.2 Å². The van der Waals surface area contributed by atoms with Crippen LogP contribution in [0.5, 0.6) is 5.75 Å². The summed E-state index contributed by atoms with van der Waals surface area (Å²) in [5.74, 6) is -0.193. The van der Waals surface area contributed by atoms with Crippen LogP contribution in [0.15, 0.2) is 69.9 Å². The van der Waals surface area contributed by atoms with Crippen LogP contribution in [0, 0.1) is 6.92 Å². The van der Waals surface area contributed by atoms with Gasteiger partial charge in [-0.15, -0.1) is 11.3 Å². The van der Waals surface area contributed by atoms with Crippen LogP contribution in [0.1, 0.15) is 29.3 Å². The molecule has 0 aliphatic heterocycles. The molecule has 180 valence electrons. The molecule has 0 saturated heterocycles. The van der Waals surface area contributed by atoms with E-state index >= 15 is 0 Å². The summed E-state index contributed by atoms with van der Waals surface area (Å²) in [6.45, 7) is 3.83. The molecule has 4 rings (SSSR count). The van der Waals surface area contributed by atoms with Gasteiger partial charge in [0.2, 0.25) is 5.91 Å². The van der Waals surface area contributed by atoms with Crippen LogP contribution >= 0.6 is 23.1 Å². The van der Waals surface area contributed by atoms with Gasteiger partial charge in [0.05, 0.1) is 17.9 Å². The monoisotopic (exact) mass is 508 g/mol. The molecule has 2 amide bonds. The third kappa shape index (κ3) is 5.55. The Morgan fingerprint density at radius 1 is 1.17 bits per heavy atom. The molecule has 2 heterocycles. The van der Waals surface area contributed by atoms with Crippen LogP contribution in [0.4, 0.5) is 5.69 Å². The largest absolute Gasteiger partial charge is 0.497 e. The zero-order valence-electron chi connectivity index (χ0n) is 19.4. The fraction of sp³-hybridized carbons (Fsp3) is 0.200. The molecular weight excluding hydrogens is 484 g/mol. The Morgan fingerprint density at radius 2 is 1.97 bits per heavy atom. The summed E-state index contributed by atoms with van der Waals surface area (Å²) in [5.41, 5.74) is 4.81. The van der Waals surface area contributed by atoms with E-state index in [1.54, 1.807) is 35.7 Å². The number of rotatable bonds is 8. The van der Waals surface area contributed by atoms with Crippen LogP contribution in [0.3, 0.4) is 0 Å². The number of ether oxygens (including phenoxy) is 1. The first kappa shape index (κ1) is 24.5. The predicted octanol–water partition coefficient (Wildman–Crippen LogP) is 4.67. The van der Waals surface area contributed by atoms with Crippen molar-refractivity contribution < 1.29 is 14.3 Å². The molecule has 0 aliphatic carbocycles. The number of benzene rings is 2. The van der Waals surface area contributed by atoms with Crippen LogP contribution in [0.2, 0.25) is 0 Å². The maximum atomic E-state index is 13.2. The minimum Gasteiger partial charge on any atom is -0.497 e. The molecule has 0 fully saturated rings. The van der Waals surface area contributed by atoms with Crippen molar-refractivity contribution >= 4 is 50.8 Å². The number of amides is 2. The summed E-state index contributed by atoms with van der Waals surface area (Å²) in [6.07, 6.45) is 0.490. The average molecular weight is 509 g/mol. The summed E-state index contributed by atoms with van der Waals surface area (Å²) in [4.78, 5) is 43.9. The molecule has 0 bridgehead atoms. The second-order valence-electron chi connectivity index (χ2n) is 7.72. The second-order valence-corrected chi connectivity index (χ2v) is 9.80. The minimum atomic E-state index is -0.543. The summed E-state index contributed by atoms with van der Waals surface area (Å²) < 4.78 is 6.73. The first-order valence-corrected chi connectivity index (χ1v) is 12.7. The number of thioether (sulfide) groups is 1. The molecule has 8 nitrogen and oxygen atoms in total. The Balaban J connectivity index is 1.65. The van der Waals surface area contributed by atoms with Crippen LogP contribution in [-0.4, -0.2) is 33.8 Å². The quantitative estimate of drug-likeness (QED) is 0.265. The Labute approximate surface area is 210 Å². The van der Waals surface area contributed by atoms with Gasteiger partial charge in [0.15, 0.2) is 5.16 Å². The van der Waals surface area contributed by atoms with Gasteiger partial charge in [-0.3, -0.25) is 19.8 Å². The van der Waals surface area contributed by atoms with Gasteiger partial charge < -0.3 is 10.1 Å². The molecule has 10 heteroatoms. The minimum absolute atomic E-state index is 0.214. The van der Waals surface area contributed by atoms with Gasteiger partial charge in [-0.2, -0.15) is 4.68 Å². The normalized spacial score (nSPS) is 11.7. The number of aryl methyl sites for hydroxylation is 1. The van der Waals surface area contributed by atoms with Gasteiger partial charge in [-0.05, 0) is 60.7 Å². The van der Waals surface area contributed by atoms with Crippen molar-refractivity contribution in [3.63, 3.8) is 0 Å². The molecule has 0 saturated carbocycles. The van der Waals surface area contributed by atoms with Gasteiger partial charge in [0, 0.05) is 11.3 Å². The third-order valence-corrected chi connectivity index (χ3v) is 7.40. The van der Waals surface area contributed by atoms with E-state index in [-0.39, 0.29) is 11.1 Å². The number of aromatic nitrogens is 2. The highest BCUT2D eigenvalue weighted by molar-refractivity contribution is 8.00. The molecule has 0 unspecified atom stereocenters. The number of hydrogen-bond acceptors (Lipinski definition) is 7. The van der Waals surface area contributed by atoms with E-state index in [2.05, 4.69) is 15.7 Å². The standard InChI is InChI=1S/C25H24N4O4S2/c1-4-20(23(31)26-17-9-5-7-15(2)13-17)35-25-27-19-11-12-34-21(19)24(32)29(25)28-22(30)16-8-6-10-18(14-16)33-3/h5-14,20H,4H2,1-3H3,(H,26,31)(H,28,30)/t20-/m1/s1. The second kappa shape index (κ2) is 10.7. The Kier molecular flexibility index (Phi) is 7.52. The lowest BCUT2D eigenvalue weighted by atomic mass is 10.2. The van der Waals surface area contributed by atoms with Crippen LogP contribution < -0.4 is 21.0 Å². The third-order valence-electron chi connectivity index (χ3n) is 5.19. The van der Waals surface area contributed by atoms with Gasteiger partial charge in [-0.1, -0.05) is 36.9 Å². The highest BCUT2D eigenvalue weighted by Crippen LogP contribution is 2.27. The van der Waals surface area contributed by atoms with Crippen molar-refractivity contribution in [2.75, 3.05) is 17.9 Å². The molecule has 35 heavy (non-hydrogen) atoms. The van der Waals surface area contributed by atoms with Gasteiger partial charge in [-0.25, -0.2) is 4.98 Å². The average Bonchev–Trinajstić information content (AvgIpc) is 3.33. The van der Waals surface area contributed by atoms with Crippen molar-refractivity contribution in [3.05, 3.63) is 81.5 Å². The number of methoxy groups -OCH3 is 1. The first-order valence-electron chi connectivity index (χ1n) is 10.9. The predicted molar refractivity (Wildman–Crippen MR) is 140 cm³/mol. The van der Waals surface area contributed by atoms with E-state index in [4.69, 9.17) is 4.74 Å². The molecule has 1 atom stereocenters. The van der Waals surface area contributed by atoms with E-state index in [1.165, 1.54) is 18.4 Å². The summed E-state index contributed by atoms with van der Waals surface area (Å²) in [6, 6.07) is 15.9. The molecule has 0 radical (unpaired) electrons. The van der Waals surface area contributed by atoms with Gasteiger partial charge >= 0.3 is 0 Å². The number of nitrogens with one attached hydrogen (secondary N) is 2. The van der Waals surface area contributed by atoms with E-state index in [1.807, 2.05) is 38.1 Å². The van der Waals surface area contributed by atoms with Gasteiger partial charge in [0.25, 0.3) is 11.5 Å². The number of nitrogens with zero attached hydrogens (tertiary/aromatic N) is 2.